The first-order valence-electron chi connectivity index (χ1n) is 6.84. The van der Waals surface area contributed by atoms with Crippen molar-refractivity contribution < 1.29 is 4.39 Å². The summed E-state index contributed by atoms with van der Waals surface area (Å²) >= 11 is 0. The molecule has 100 valence electrons. The van der Waals surface area contributed by atoms with Gasteiger partial charge in [-0.1, -0.05) is 31.0 Å². The average molecular weight is 250 g/mol. The van der Waals surface area contributed by atoms with Gasteiger partial charge in [-0.15, -0.1) is 0 Å². The molecular weight excluding hydrogens is 227 g/mol. The Labute approximate surface area is 109 Å². The van der Waals surface area contributed by atoms with Crippen LogP contribution in [0.25, 0.3) is 0 Å². The molecule has 0 amide bonds. The minimum Gasteiger partial charge on any atom is -0.312 e. The summed E-state index contributed by atoms with van der Waals surface area (Å²) < 4.78 is 13.8. The van der Waals surface area contributed by atoms with Crippen LogP contribution in [-0.2, 0) is 0 Å². The van der Waals surface area contributed by atoms with Crippen LogP contribution in [0.5, 0.6) is 0 Å². The predicted molar refractivity (Wildman–Crippen MR) is 73.1 cm³/mol. The summed E-state index contributed by atoms with van der Waals surface area (Å²) in [6.45, 7) is 0.863. The van der Waals surface area contributed by atoms with Gasteiger partial charge in [0.05, 0.1) is 0 Å². The van der Waals surface area contributed by atoms with Crippen LogP contribution in [0.2, 0.25) is 0 Å². The van der Waals surface area contributed by atoms with E-state index in [1.54, 1.807) is 6.07 Å². The highest BCUT2D eigenvalue weighted by Crippen LogP contribution is 2.25. The van der Waals surface area contributed by atoms with Crippen molar-refractivity contribution in [1.29, 1.82) is 0 Å². The van der Waals surface area contributed by atoms with Gasteiger partial charge in [0.15, 0.2) is 0 Å². The van der Waals surface area contributed by atoms with Gasteiger partial charge in [-0.25, -0.2) is 4.39 Å². The summed E-state index contributed by atoms with van der Waals surface area (Å²) in [5, 5.41) is 3.23. The Balaban J connectivity index is 2.02. The number of halogens is 1. The van der Waals surface area contributed by atoms with E-state index in [0.717, 1.165) is 12.1 Å². The summed E-state index contributed by atoms with van der Waals surface area (Å²) in [6.07, 6.45) is 5.23. The average Bonchev–Trinajstić information content (AvgIpc) is 2.90. The quantitative estimate of drug-likeness (QED) is 0.864. The fourth-order valence-corrected chi connectivity index (χ4v) is 2.88. The molecule has 2 rings (SSSR count). The summed E-state index contributed by atoms with van der Waals surface area (Å²) in [6, 6.07) is 7.79. The van der Waals surface area contributed by atoms with Gasteiger partial charge in [-0.05, 0) is 33.0 Å². The van der Waals surface area contributed by atoms with Gasteiger partial charge in [0.25, 0.3) is 0 Å². The molecule has 2 nitrogen and oxygen atoms in total. The molecule has 0 heterocycles. The highest BCUT2D eigenvalue weighted by atomic mass is 19.1. The maximum atomic E-state index is 13.8. The van der Waals surface area contributed by atoms with Crippen molar-refractivity contribution in [1.82, 2.24) is 10.2 Å². The summed E-state index contributed by atoms with van der Waals surface area (Å²) in [5.74, 6) is -0.114. The molecule has 0 spiro atoms. The van der Waals surface area contributed by atoms with E-state index in [-0.39, 0.29) is 11.9 Å². The molecule has 0 bridgehead atoms. The zero-order chi connectivity index (χ0) is 13.0. The Kier molecular flexibility index (Phi) is 4.72. The van der Waals surface area contributed by atoms with Gasteiger partial charge in [0, 0.05) is 24.2 Å². The second kappa shape index (κ2) is 6.30. The maximum Gasteiger partial charge on any atom is 0.128 e. The van der Waals surface area contributed by atoms with Crippen molar-refractivity contribution in [3.05, 3.63) is 35.6 Å². The lowest BCUT2D eigenvalue weighted by atomic mass is 10.0. The molecule has 1 unspecified atom stereocenters. The van der Waals surface area contributed by atoms with Crippen molar-refractivity contribution in [2.24, 2.45) is 0 Å². The van der Waals surface area contributed by atoms with Crippen LogP contribution >= 0.6 is 0 Å². The van der Waals surface area contributed by atoms with E-state index in [2.05, 4.69) is 17.3 Å². The molecule has 0 aliphatic heterocycles. The van der Waals surface area contributed by atoms with Gasteiger partial charge >= 0.3 is 0 Å². The van der Waals surface area contributed by atoms with E-state index in [0.29, 0.717) is 6.04 Å². The number of rotatable bonds is 5. The number of hydrogen-bond acceptors (Lipinski definition) is 2. The van der Waals surface area contributed by atoms with E-state index < -0.39 is 0 Å². The largest absolute Gasteiger partial charge is 0.312 e. The lowest BCUT2D eigenvalue weighted by Crippen LogP contribution is -2.37. The van der Waals surface area contributed by atoms with E-state index in [9.17, 15) is 4.39 Å². The Hall–Kier alpha value is -0.930. The van der Waals surface area contributed by atoms with Crippen LogP contribution in [0.1, 0.15) is 37.3 Å². The second-order valence-electron chi connectivity index (χ2n) is 5.24. The zero-order valence-electron chi connectivity index (χ0n) is 11.3. The van der Waals surface area contributed by atoms with Crippen LogP contribution in [0.15, 0.2) is 24.3 Å². The van der Waals surface area contributed by atoms with E-state index >= 15 is 0 Å². The standard InChI is InChI=1S/C15H23FN2/c1-17-15(13-9-5-6-10-14(13)16)11-18(2)12-7-3-4-8-12/h5-6,9-10,12,15,17H,3-4,7-8,11H2,1-2H3. The summed E-state index contributed by atoms with van der Waals surface area (Å²) in [7, 11) is 4.06. The van der Waals surface area contributed by atoms with Crippen molar-refractivity contribution in [2.45, 2.75) is 37.8 Å². The summed E-state index contributed by atoms with van der Waals surface area (Å²) in [4.78, 5) is 2.38. The molecule has 0 saturated heterocycles. The topological polar surface area (TPSA) is 15.3 Å². The van der Waals surface area contributed by atoms with E-state index in [4.69, 9.17) is 0 Å². The molecule has 0 aromatic heterocycles. The Bertz CT molecular complexity index is 375. The lowest BCUT2D eigenvalue weighted by Gasteiger charge is -2.29. The van der Waals surface area contributed by atoms with Crippen LogP contribution in [0, 0.1) is 5.82 Å². The number of hydrogen-bond donors (Lipinski definition) is 1. The molecule has 1 aromatic carbocycles. The van der Waals surface area contributed by atoms with Crippen LogP contribution in [0.4, 0.5) is 4.39 Å². The Morgan fingerprint density at radius 2 is 2.00 bits per heavy atom. The van der Waals surface area contributed by atoms with Crippen LogP contribution < -0.4 is 5.32 Å². The van der Waals surface area contributed by atoms with Gasteiger partial charge in [0.1, 0.15) is 5.82 Å². The first-order valence-corrected chi connectivity index (χ1v) is 6.84. The highest BCUT2D eigenvalue weighted by molar-refractivity contribution is 5.21. The third-order valence-corrected chi connectivity index (χ3v) is 4.05. The number of nitrogens with zero attached hydrogens (tertiary/aromatic N) is 1. The predicted octanol–water partition coefficient (Wildman–Crippen LogP) is 2.96. The number of benzene rings is 1. The third kappa shape index (κ3) is 3.09. The fourth-order valence-electron chi connectivity index (χ4n) is 2.88. The fraction of sp³-hybridized carbons (Fsp3) is 0.600. The normalized spacial score (nSPS) is 18.4. The minimum absolute atomic E-state index is 0.0665. The first kappa shape index (κ1) is 13.5. The van der Waals surface area contributed by atoms with Crippen molar-refractivity contribution in [3.8, 4) is 0 Å². The minimum atomic E-state index is -0.114. The highest BCUT2D eigenvalue weighted by Gasteiger charge is 2.23. The lowest BCUT2D eigenvalue weighted by molar-refractivity contribution is 0.221. The van der Waals surface area contributed by atoms with E-state index in [1.165, 1.54) is 31.7 Å². The molecule has 0 radical (unpaired) electrons. The molecule has 1 atom stereocenters. The van der Waals surface area contributed by atoms with Crippen LogP contribution in [-0.4, -0.2) is 31.6 Å². The first-order chi connectivity index (χ1) is 8.72. The van der Waals surface area contributed by atoms with Gasteiger partial charge in [0.2, 0.25) is 0 Å². The van der Waals surface area contributed by atoms with Crippen molar-refractivity contribution in [3.63, 3.8) is 0 Å². The molecule has 18 heavy (non-hydrogen) atoms. The molecular formula is C15H23FN2. The molecule has 1 aliphatic carbocycles. The van der Waals surface area contributed by atoms with E-state index in [1.807, 2.05) is 19.2 Å². The molecule has 1 fully saturated rings. The number of likely N-dealkylation sites (N-methyl/N-ethyl adjacent to an activating group) is 2. The molecule has 1 aliphatic rings. The van der Waals surface area contributed by atoms with Crippen molar-refractivity contribution in [2.75, 3.05) is 20.6 Å². The van der Waals surface area contributed by atoms with Gasteiger partial charge < -0.3 is 10.2 Å². The maximum absolute atomic E-state index is 13.8. The smallest absolute Gasteiger partial charge is 0.128 e. The summed E-state index contributed by atoms with van der Waals surface area (Å²) in [5.41, 5.74) is 0.768. The van der Waals surface area contributed by atoms with Crippen LogP contribution in [0.3, 0.4) is 0 Å². The SMILES string of the molecule is CNC(CN(C)C1CCCC1)c1ccccc1F. The zero-order valence-corrected chi connectivity index (χ0v) is 11.3. The molecule has 1 N–H and O–H groups in total. The second-order valence-corrected chi connectivity index (χ2v) is 5.24. The monoisotopic (exact) mass is 250 g/mol. The number of nitrogens with one attached hydrogen (secondary N) is 1. The van der Waals surface area contributed by atoms with Gasteiger partial charge in [-0.3, -0.25) is 0 Å². The Morgan fingerprint density at radius 1 is 1.33 bits per heavy atom. The molecule has 3 heteroatoms. The van der Waals surface area contributed by atoms with Gasteiger partial charge in [-0.2, -0.15) is 0 Å². The van der Waals surface area contributed by atoms with Crippen molar-refractivity contribution >= 4 is 0 Å². The Morgan fingerprint density at radius 3 is 2.61 bits per heavy atom. The molecule has 1 aromatic rings. The molecule has 1 saturated carbocycles. The third-order valence-electron chi connectivity index (χ3n) is 4.05.